The van der Waals surface area contributed by atoms with E-state index in [9.17, 15) is 9.59 Å². The average Bonchev–Trinajstić information content (AvgIpc) is 2.62. The van der Waals surface area contributed by atoms with E-state index in [0.29, 0.717) is 18.7 Å². The minimum Gasteiger partial charge on any atom is -0.338 e. The molecule has 2 amide bonds. The van der Waals surface area contributed by atoms with Gasteiger partial charge in [0.05, 0.1) is 5.92 Å². The Kier molecular flexibility index (Phi) is 5.40. The summed E-state index contributed by atoms with van der Waals surface area (Å²) in [4.78, 5) is 27.4. The molecule has 1 fully saturated rings. The molecule has 26 heavy (non-hydrogen) atoms. The minimum atomic E-state index is -0.168. The number of hydrogen-bond acceptors (Lipinski definition) is 2. The first-order chi connectivity index (χ1) is 12.4. The summed E-state index contributed by atoms with van der Waals surface area (Å²) in [5, 5.41) is 3.02. The van der Waals surface area contributed by atoms with E-state index in [0.717, 1.165) is 35.2 Å². The van der Waals surface area contributed by atoms with Crippen molar-refractivity contribution in [3.63, 3.8) is 0 Å². The van der Waals surface area contributed by atoms with Gasteiger partial charge in [-0.3, -0.25) is 9.59 Å². The monoisotopic (exact) mass is 350 g/mol. The molecule has 1 saturated heterocycles. The van der Waals surface area contributed by atoms with Crippen LogP contribution < -0.4 is 5.32 Å². The second-order valence-corrected chi connectivity index (χ2v) is 7.27. The first kappa shape index (κ1) is 18.2. The Bertz CT molecular complexity index is 808. The van der Waals surface area contributed by atoms with Crippen molar-refractivity contribution in [2.75, 3.05) is 18.4 Å². The second-order valence-electron chi connectivity index (χ2n) is 7.27. The fourth-order valence-electron chi connectivity index (χ4n) is 3.60. The lowest BCUT2D eigenvalue weighted by atomic mass is 9.95. The molecule has 1 N–H and O–H groups in total. The zero-order chi connectivity index (χ0) is 18.7. The van der Waals surface area contributed by atoms with Crippen molar-refractivity contribution in [2.45, 2.75) is 33.6 Å². The van der Waals surface area contributed by atoms with Crippen molar-refractivity contribution >= 4 is 17.5 Å². The Hall–Kier alpha value is -2.62. The van der Waals surface area contributed by atoms with Crippen molar-refractivity contribution in [2.24, 2.45) is 5.92 Å². The summed E-state index contributed by atoms with van der Waals surface area (Å²) in [5.74, 6) is -0.152. The van der Waals surface area contributed by atoms with Gasteiger partial charge in [-0.05, 0) is 57.4 Å². The highest BCUT2D eigenvalue weighted by molar-refractivity contribution is 5.96. The number of benzene rings is 2. The summed E-state index contributed by atoms with van der Waals surface area (Å²) in [5.41, 5.74) is 4.76. The van der Waals surface area contributed by atoms with Crippen LogP contribution in [0.2, 0.25) is 0 Å². The van der Waals surface area contributed by atoms with E-state index in [1.165, 1.54) is 0 Å². The molecule has 136 valence electrons. The van der Waals surface area contributed by atoms with Gasteiger partial charge < -0.3 is 10.2 Å². The Morgan fingerprint density at radius 3 is 2.42 bits per heavy atom. The molecule has 0 aromatic heterocycles. The van der Waals surface area contributed by atoms with Crippen LogP contribution in [-0.2, 0) is 4.79 Å². The van der Waals surface area contributed by atoms with Gasteiger partial charge in [-0.25, -0.2) is 0 Å². The molecule has 2 aromatic carbocycles. The number of rotatable bonds is 3. The number of para-hydroxylation sites is 1. The highest BCUT2D eigenvalue weighted by Crippen LogP contribution is 2.22. The first-order valence-corrected chi connectivity index (χ1v) is 9.18. The summed E-state index contributed by atoms with van der Waals surface area (Å²) in [6.07, 6.45) is 1.66. The molecule has 0 aliphatic carbocycles. The van der Waals surface area contributed by atoms with Crippen molar-refractivity contribution in [1.29, 1.82) is 0 Å². The van der Waals surface area contributed by atoms with Gasteiger partial charge in [0, 0.05) is 24.3 Å². The maximum absolute atomic E-state index is 12.9. The number of nitrogens with one attached hydrogen (secondary N) is 1. The van der Waals surface area contributed by atoms with Crippen molar-refractivity contribution < 1.29 is 9.59 Å². The van der Waals surface area contributed by atoms with Crippen LogP contribution in [0.1, 0.15) is 39.9 Å². The van der Waals surface area contributed by atoms with Crippen molar-refractivity contribution in [3.05, 3.63) is 64.7 Å². The Morgan fingerprint density at radius 2 is 1.73 bits per heavy atom. The van der Waals surface area contributed by atoms with Crippen LogP contribution in [0.25, 0.3) is 0 Å². The largest absolute Gasteiger partial charge is 0.338 e. The fourth-order valence-corrected chi connectivity index (χ4v) is 3.60. The Balaban J connectivity index is 1.69. The van der Waals surface area contributed by atoms with Gasteiger partial charge in [0.1, 0.15) is 0 Å². The average molecular weight is 350 g/mol. The summed E-state index contributed by atoms with van der Waals surface area (Å²) >= 11 is 0. The number of carbonyl (C=O) groups is 2. The van der Waals surface area contributed by atoms with Crippen molar-refractivity contribution in [3.8, 4) is 0 Å². The highest BCUT2D eigenvalue weighted by Gasteiger charge is 2.29. The van der Waals surface area contributed by atoms with E-state index in [1.807, 2.05) is 62.1 Å². The number of amides is 2. The topological polar surface area (TPSA) is 49.4 Å². The number of anilines is 1. The van der Waals surface area contributed by atoms with Crippen LogP contribution in [-0.4, -0.2) is 29.8 Å². The van der Waals surface area contributed by atoms with Gasteiger partial charge in [0.15, 0.2) is 0 Å². The maximum atomic E-state index is 12.9. The number of likely N-dealkylation sites (tertiary alicyclic amines) is 1. The first-order valence-electron chi connectivity index (χ1n) is 9.18. The second kappa shape index (κ2) is 7.73. The van der Waals surface area contributed by atoms with Gasteiger partial charge >= 0.3 is 0 Å². The van der Waals surface area contributed by atoms with E-state index in [2.05, 4.69) is 11.4 Å². The summed E-state index contributed by atoms with van der Waals surface area (Å²) in [6.45, 7) is 7.16. The maximum Gasteiger partial charge on any atom is 0.253 e. The Labute approximate surface area is 155 Å². The molecule has 4 nitrogen and oxygen atoms in total. The molecule has 0 bridgehead atoms. The zero-order valence-electron chi connectivity index (χ0n) is 15.7. The van der Waals surface area contributed by atoms with Gasteiger partial charge in [-0.15, -0.1) is 0 Å². The molecule has 0 unspecified atom stereocenters. The molecule has 0 spiro atoms. The predicted octanol–water partition coefficient (Wildman–Crippen LogP) is 4.10. The van der Waals surface area contributed by atoms with E-state index >= 15 is 0 Å². The third kappa shape index (κ3) is 4.13. The molecule has 1 aliphatic rings. The van der Waals surface area contributed by atoms with E-state index in [4.69, 9.17) is 0 Å². The van der Waals surface area contributed by atoms with Crippen LogP contribution >= 0.6 is 0 Å². The van der Waals surface area contributed by atoms with Gasteiger partial charge in [-0.1, -0.05) is 35.4 Å². The third-order valence-electron chi connectivity index (χ3n) is 4.95. The van der Waals surface area contributed by atoms with Crippen LogP contribution in [0.15, 0.2) is 42.5 Å². The summed E-state index contributed by atoms with van der Waals surface area (Å²) in [7, 11) is 0. The molecule has 1 atom stereocenters. The molecule has 3 rings (SSSR count). The van der Waals surface area contributed by atoms with Crippen LogP contribution in [0.5, 0.6) is 0 Å². The van der Waals surface area contributed by atoms with Crippen LogP contribution in [0, 0.1) is 26.7 Å². The quantitative estimate of drug-likeness (QED) is 0.906. The minimum absolute atomic E-state index is 0.00257. The normalized spacial score (nSPS) is 17.0. The molecule has 2 aromatic rings. The smallest absolute Gasteiger partial charge is 0.253 e. The lowest BCUT2D eigenvalue weighted by molar-refractivity contribution is -0.121. The molecule has 0 radical (unpaired) electrons. The highest BCUT2D eigenvalue weighted by atomic mass is 16.2. The number of nitrogens with zero attached hydrogens (tertiary/aromatic N) is 1. The molecule has 0 saturated carbocycles. The van der Waals surface area contributed by atoms with E-state index in [-0.39, 0.29) is 17.7 Å². The number of hydrogen-bond donors (Lipinski definition) is 1. The van der Waals surface area contributed by atoms with Crippen LogP contribution in [0.3, 0.4) is 0 Å². The molecule has 4 heteroatoms. The number of aryl methyl sites for hydroxylation is 3. The molecular weight excluding hydrogens is 324 g/mol. The zero-order valence-corrected chi connectivity index (χ0v) is 15.7. The standard InChI is InChI=1S/C22H26N2O2/c1-15-11-16(2)13-19(12-15)22(26)24-10-6-8-18(14-24)21(25)23-20-9-5-4-7-17(20)3/h4-5,7,9,11-13,18H,6,8,10,14H2,1-3H3,(H,23,25)/t18-/m1/s1. The lowest BCUT2D eigenvalue weighted by Crippen LogP contribution is -2.43. The summed E-state index contributed by atoms with van der Waals surface area (Å²) < 4.78 is 0. The number of piperidine rings is 1. The fraction of sp³-hybridized carbons (Fsp3) is 0.364. The number of carbonyl (C=O) groups excluding carboxylic acids is 2. The van der Waals surface area contributed by atoms with Crippen LogP contribution in [0.4, 0.5) is 5.69 Å². The molecular formula is C22H26N2O2. The third-order valence-corrected chi connectivity index (χ3v) is 4.95. The van der Waals surface area contributed by atoms with Gasteiger partial charge in [-0.2, -0.15) is 0 Å². The summed E-state index contributed by atoms with van der Waals surface area (Å²) in [6, 6.07) is 13.7. The lowest BCUT2D eigenvalue weighted by Gasteiger charge is -2.32. The molecule has 1 aliphatic heterocycles. The van der Waals surface area contributed by atoms with Gasteiger partial charge in [0.25, 0.3) is 5.91 Å². The van der Waals surface area contributed by atoms with E-state index in [1.54, 1.807) is 0 Å². The SMILES string of the molecule is Cc1cc(C)cc(C(=O)N2CCC[C@@H](C(=O)Nc3ccccc3C)C2)c1. The Morgan fingerprint density at radius 1 is 1.04 bits per heavy atom. The van der Waals surface area contributed by atoms with Gasteiger partial charge in [0.2, 0.25) is 5.91 Å². The van der Waals surface area contributed by atoms with Crippen molar-refractivity contribution in [1.82, 2.24) is 4.90 Å². The predicted molar refractivity (Wildman–Crippen MR) is 104 cm³/mol. The van der Waals surface area contributed by atoms with E-state index < -0.39 is 0 Å². The molecule has 1 heterocycles.